The van der Waals surface area contributed by atoms with Gasteiger partial charge in [0.25, 0.3) is 0 Å². The van der Waals surface area contributed by atoms with Gasteiger partial charge in [0.05, 0.1) is 11.3 Å². The fourth-order valence-corrected chi connectivity index (χ4v) is 2.65. The molecule has 0 unspecified atom stereocenters. The van der Waals surface area contributed by atoms with Crippen molar-refractivity contribution in [3.63, 3.8) is 0 Å². The Morgan fingerprint density at radius 3 is 2.65 bits per heavy atom. The number of aromatic nitrogens is 2. The van der Waals surface area contributed by atoms with Gasteiger partial charge in [-0.2, -0.15) is 0 Å². The van der Waals surface area contributed by atoms with Gasteiger partial charge in [-0.05, 0) is 12.8 Å². The number of nitrogens with one attached hydrogen (secondary N) is 1. The quantitative estimate of drug-likeness (QED) is 0.704. The van der Waals surface area contributed by atoms with E-state index in [-0.39, 0.29) is 5.56 Å². The van der Waals surface area contributed by atoms with Gasteiger partial charge in [0.15, 0.2) is 0 Å². The lowest BCUT2D eigenvalue weighted by molar-refractivity contribution is 0.0250. The molecule has 6 heteroatoms. The van der Waals surface area contributed by atoms with Crippen molar-refractivity contribution in [2.45, 2.75) is 50.7 Å². The summed E-state index contributed by atoms with van der Waals surface area (Å²) in [7, 11) is 0. The molecule has 20 heavy (non-hydrogen) atoms. The molecule has 1 fully saturated rings. The third-order valence-electron chi connectivity index (χ3n) is 3.81. The maximum Gasteiger partial charge on any atom is 0.339 e. The fourth-order valence-electron chi connectivity index (χ4n) is 2.65. The monoisotopic (exact) mass is 279 g/mol. The number of aromatic carboxylic acids is 1. The number of hydrogen-bond donors (Lipinski definition) is 3. The Morgan fingerprint density at radius 1 is 1.30 bits per heavy atom. The minimum Gasteiger partial charge on any atom is -0.478 e. The number of carbonyl (C=O) groups is 1. The van der Waals surface area contributed by atoms with E-state index < -0.39 is 11.6 Å². The van der Waals surface area contributed by atoms with E-state index in [1.165, 1.54) is 25.4 Å². The summed E-state index contributed by atoms with van der Waals surface area (Å²) in [6.45, 7) is 0.794. The van der Waals surface area contributed by atoms with Crippen LogP contribution < -0.4 is 5.32 Å². The molecule has 0 saturated heterocycles. The fraction of sp³-hybridized carbons (Fsp3) is 0.643. The van der Waals surface area contributed by atoms with Crippen LogP contribution in [0.2, 0.25) is 0 Å². The summed E-state index contributed by atoms with van der Waals surface area (Å²) in [5.41, 5.74) is -0.120. The lowest BCUT2D eigenvalue weighted by Crippen LogP contribution is -2.40. The molecule has 0 radical (unpaired) electrons. The van der Waals surface area contributed by atoms with Crippen LogP contribution in [0.25, 0.3) is 0 Å². The minimum absolute atomic E-state index is 0.104. The van der Waals surface area contributed by atoms with Crippen molar-refractivity contribution in [1.29, 1.82) is 0 Å². The maximum atomic E-state index is 11.0. The van der Waals surface area contributed by atoms with Crippen LogP contribution in [0.1, 0.15) is 54.6 Å². The van der Waals surface area contributed by atoms with E-state index in [0.717, 1.165) is 25.7 Å². The zero-order chi connectivity index (χ0) is 14.4. The Hall–Kier alpha value is -1.53. The van der Waals surface area contributed by atoms with Crippen LogP contribution in [0.3, 0.4) is 0 Å². The maximum absolute atomic E-state index is 11.0. The normalized spacial score (nSPS) is 18.4. The summed E-state index contributed by atoms with van der Waals surface area (Å²) < 4.78 is 0. The Morgan fingerprint density at radius 2 is 2.00 bits per heavy atom. The average molecular weight is 279 g/mol. The summed E-state index contributed by atoms with van der Waals surface area (Å²) >= 11 is 0. The Kier molecular flexibility index (Phi) is 5.03. The van der Waals surface area contributed by atoms with Crippen molar-refractivity contribution in [2.24, 2.45) is 0 Å². The standard InChI is InChI=1S/C14H21N3O3/c18-13(19)11-7-16-10-17-12(11)8-15-9-14(20)5-3-1-2-4-6-14/h7,10,15,20H,1-6,8-9H2,(H,18,19). The molecule has 0 atom stereocenters. The third kappa shape index (κ3) is 3.98. The summed E-state index contributed by atoms with van der Waals surface area (Å²) in [5, 5.41) is 22.7. The first-order valence-electron chi connectivity index (χ1n) is 7.06. The van der Waals surface area contributed by atoms with E-state index in [2.05, 4.69) is 15.3 Å². The molecular formula is C14H21N3O3. The van der Waals surface area contributed by atoms with Crippen molar-refractivity contribution in [2.75, 3.05) is 6.54 Å². The zero-order valence-electron chi connectivity index (χ0n) is 11.5. The Bertz CT molecular complexity index is 457. The number of carboxylic acid groups (broad SMARTS) is 1. The van der Waals surface area contributed by atoms with Gasteiger partial charge < -0.3 is 15.5 Å². The number of carboxylic acids is 1. The number of hydrogen-bond acceptors (Lipinski definition) is 5. The van der Waals surface area contributed by atoms with E-state index >= 15 is 0 Å². The summed E-state index contributed by atoms with van der Waals surface area (Å²) in [6.07, 6.45) is 8.69. The lowest BCUT2D eigenvalue weighted by Gasteiger charge is -2.27. The number of aliphatic hydroxyl groups is 1. The highest BCUT2D eigenvalue weighted by Crippen LogP contribution is 2.26. The second-order valence-electron chi connectivity index (χ2n) is 5.43. The summed E-state index contributed by atoms with van der Waals surface area (Å²) in [4.78, 5) is 18.7. The Balaban J connectivity index is 1.91. The first-order chi connectivity index (χ1) is 9.61. The molecule has 110 valence electrons. The molecule has 1 aliphatic carbocycles. The molecule has 0 aliphatic heterocycles. The van der Waals surface area contributed by atoms with Crippen LogP contribution in [-0.4, -0.2) is 38.3 Å². The van der Waals surface area contributed by atoms with E-state index in [1.54, 1.807) is 0 Å². The van der Waals surface area contributed by atoms with Crippen LogP contribution >= 0.6 is 0 Å². The van der Waals surface area contributed by atoms with E-state index in [1.807, 2.05) is 0 Å². The topological polar surface area (TPSA) is 95.3 Å². The molecule has 1 aromatic heterocycles. The van der Waals surface area contributed by atoms with Gasteiger partial charge in [0.1, 0.15) is 11.9 Å². The molecule has 1 aromatic rings. The molecule has 1 heterocycles. The summed E-state index contributed by atoms with van der Waals surface area (Å²) in [5.74, 6) is -1.03. The molecule has 0 bridgehead atoms. The van der Waals surface area contributed by atoms with Gasteiger partial charge in [0, 0.05) is 19.3 Å². The van der Waals surface area contributed by atoms with Crippen LogP contribution in [0.5, 0.6) is 0 Å². The number of rotatable bonds is 5. The zero-order valence-corrected chi connectivity index (χ0v) is 11.5. The molecule has 0 aromatic carbocycles. The van der Waals surface area contributed by atoms with Crippen molar-refractivity contribution < 1.29 is 15.0 Å². The highest BCUT2D eigenvalue weighted by molar-refractivity contribution is 5.88. The highest BCUT2D eigenvalue weighted by Gasteiger charge is 2.27. The highest BCUT2D eigenvalue weighted by atomic mass is 16.4. The van der Waals surface area contributed by atoms with Gasteiger partial charge in [-0.25, -0.2) is 14.8 Å². The van der Waals surface area contributed by atoms with Crippen LogP contribution in [0, 0.1) is 0 Å². The molecule has 6 nitrogen and oxygen atoms in total. The van der Waals surface area contributed by atoms with Gasteiger partial charge >= 0.3 is 5.97 Å². The molecule has 1 aliphatic rings. The lowest BCUT2D eigenvalue weighted by atomic mass is 9.94. The molecule has 1 saturated carbocycles. The summed E-state index contributed by atoms with van der Waals surface area (Å²) in [6, 6.07) is 0. The van der Waals surface area contributed by atoms with E-state index in [0.29, 0.717) is 18.8 Å². The Labute approximate surface area is 118 Å². The first kappa shape index (κ1) is 14.9. The SMILES string of the molecule is O=C(O)c1cncnc1CNCC1(O)CCCCCC1. The van der Waals surface area contributed by atoms with Crippen molar-refractivity contribution in [3.05, 3.63) is 23.8 Å². The van der Waals surface area contributed by atoms with Crippen LogP contribution in [0.4, 0.5) is 0 Å². The first-order valence-corrected chi connectivity index (χ1v) is 7.06. The average Bonchev–Trinajstić information content (AvgIpc) is 2.64. The van der Waals surface area contributed by atoms with Gasteiger partial charge in [-0.15, -0.1) is 0 Å². The van der Waals surface area contributed by atoms with Crippen molar-refractivity contribution in [3.8, 4) is 0 Å². The van der Waals surface area contributed by atoms with Gasteiger partial charge in [0.2, 0.25) is 0 Å². The molecule has 0 amide bonds. The molecule has 0 spiro atoms. The predicted octanol–water partition coefficient (Wildman–Crippen LogP) is 1.35. The smallest absolute Gasteiger partial charge is 0.339 e. The second kappa shape index (κ2) is 6.76. The minimum atomic E-state index is -1.03. The molecule has 3 N–H and O–H groups in total. The van der Waals surface area contributed by atoms with Gasteiger partial charge in [-0.3, -0.25) is 0 Å². The predicted molar refractivity (Wildman–Crippen MR) is 73.3 cm³/mol. The largest absolute Gasteiger partial charge is 0.478 e. The molecule has 2 rings (SSSR count). The molecular weight excluding hydrogens is 258 g/mol. The third-order valence-corrected chi connectivity index (χ3v) is 3.81. The van der Waals surface area contributed by atoms with Crippen LogP contribution in [-0.2, 0) is 6.54 Å². The van der Waals surface area contributed by atoms with Crippen LogP contribution in [0.15, 0.2) is 12.5 Å². The second-order valence-corrected chi connectivity index (χ2v) is 5.43. The van der Waals surface area contributed by atoms with Crippen molar-refractivity contribution >= 4 is 5.97 Å². The van der Waals surface area contributed by atoms with E-state index in [4.69, 9.17) is 5.11 Å². The number of nitrogens with zero attached hydrogens (tertiary/aromatic N) is 2. The van der Waals surface area contributed by atoms with Crippen molar-refractivity contribution in [1.82, 2.24) is 15.3 Å². The van der Waals surface area contributed by atoms with E-state index in [9.17, 15) is 9.90 Å². The van der Waals surface area contributed by atoms with Gasteiger partial charge in [-0.1, -0.05) is 25.7 Å².